The molecule has 148 valence electrons. The van der Waals surface area contributed by atoms with E-state index in [1.54, 1.807) is 29.5 Å². The first-order valence-corrected chi connectivity index (χ1v) is 9.47. The lowest BCUT2D eigenvalue weighted by atomic mass is 10.2. The SMILES string of the molecule is CCNC(=NCc1ncc(CC)s1)NCCNC(=O)c1ccccc1O.I. The van der Waals surface area contributed by atoms with Crippen molar-refractivity contribution >= 4 is 47.2 Å². The van der Waals surface area contributed by atoms with Crippen LogP contribution in [0.4, 0.5) is 0 Å². The number of rotatable bonds is 8. The Bertz CT molecular complexity index is 751. The van der Waals surface area contributed by atoms with Crippen LogP contribution >= 0.6 is 35.3 Å². The zero-order valence-electron chi connectivity index (χ0n) is 15.5. The second-order valence-electron chi connectivity index (χ2n) is 5.47. The normalized spacial score (nSPS) is 10.8. The Morgan fingerprint density at radius 3 is 2.59 bits per heavy atom. The van der Waals surface area contributed by atoms with Gasteiger partial charge in [-0.3, -0.25) is 4.79 Å². The second-order valence-corrected chi connectivity index (χ2v) is 6.67. The van der Waals surface area contributed by atoms with E-state index in [1.165, 1.54) is 10.9 Å². The summed E-state index contributed by atoms with van der Waals surface area (Å²) in [5, 5.41) is 19.8. The van der Waals surface area contributed by atoms with Crippen molar-refractivity contribution in [2.24, 2.45) is 4.99 Å². The van der Waals surface area contributed by atoms with Crippen molar-refractivity contribution in [2.75, 3.05) is 19.6 Å². The van der Waals surface area contributed by atoms with Crippen molar-refractivity contribution < 1.29 is 9.90 Å². The van der Waals surface area contributed by atoms with Gasteiger partial charge in [0.25, 0.3) is 5.91 Å². The molecule has 0 radical (unpaired) electrons. The van der Waals surface area contributed by atoms with Crippen molar-refractivity contribution in [1.29, 1.82) is 0 Å². The Hall–Kier alpha value is -1.88. The standard InChI is InChI=1S/C18H25N5O2S.HI/c1-3-13-11-22-16(26-13)12-23-18(19-4-2)21-10-9-20-17(25)14-7-5-6-8-15(14)24;/h5-8,11,24H,3-4,9-10,12H2,1-2H3,(H,20,25)(H2,19,21,23);1H. The first-order chi connectivity index (χ1) is 12.6. The Morgan fingerprint density at radius 2 is 1.93 bits per heavy atom. The highest BCUT2D eigenvalue weighted by Crippen LogP contribution is 2.15. The number of aliphatic imine (C=N–C) groups is 1. The number of amides is 1. The second kappa shape index (κ2) is 12.5. The fourth-order valence-corrected chi connectivity index (χ4v) is 2.98. The van der Waals surface area contributed by atoms with Gasteiger partial charge >= 0.3 is 0 Å². The third-order valence-corrected chi connectivity index (χ3v) is 4.64. The molecule has 2 rings (SSSR count). The molecule has 1 aromatic heterocycles. The number of guanidine groups is 1. The molecular formula is C18H26IN5O2S. The van der Waals surface area contributed by atoms with E-state index in [0.29, 0.717) is 25.6 Å². The number of aromatic nitrogens is 1. The lowest BCUT2D eigenvalue weighted by Gasteiger charge is -2.12. The summed E-state index contributed by atoms with van der Waals surface area (Å²) in [5.41, 5.74) is 0.267. The number of phenolic OH excluding ortho intramolecular Hbond substituents is 1. The number of para-hydroxylation sites is 1. The van der Waals surface area contributed by atoms with Crippen LogP contribution in [0.3, 0.4) is 0 Å². The predicted octanol–water partition coefficient (Wildman–Crippen LogP) is 2.51. The van der Waals surface area contributed by atoms with E-state index in [4.69, 9.17) is 0 Å². The van der Waals surface area contributed by atoms with Gasteiger partial charge in [0.2, 0.25) is 0 Å². The minimum Gasteiger partial charge on any atom is -0.507 e. The molecule has 0 aliphatic rings. The average Bonchev–Trinajstić information content (AvgIpc) is 3.11. The molecule has 1 aromatic carbocycles. The summed E-state index contributed by atoms with van der Waals surface area (Å²) >= 11 is 1.67. The van der Waals surface area contributed by atoms with Gasteiger partial charge in [-0.05, 0) is 25.5 Å². The van der Waals surface area contributed by atoms with E-state index in [0.717, 1.165) is 18.0 Å². The molecule has 4 N–H and O–H groups in total. The number of thiazole rings is 1. The number of halogens is 1. The van der Waals surface area contributed by atoms with Crippen LogP contribution in [0.1, 0.15) is 34.1 Å². The van der Waals surface area contributed by atoms with Gasteiger partial charge in [-0.25, -0.2) is 9.98 Å². The predicted molar refractivity (Wildman–Crippen MR) is 120 cm³/mol. The van der Waals surface area contributed by atoms with Crippen LogP contribution in [-0.2, 0) is 13.0 Å². The van der Waals surface area contributed by atoms with E-state index >= 15 is 0 Å². The molecule has 7 nitrogen and oxygen atoms in total. The van der Waals surface area contributed by atoms with E-state index in [-0.39, 0.29) is 41.2 Å². The lowest BCUT2D eigenvalue weighted by molar-refractivity contribution is 0.0951. The van der Waals surface area contributed by atoms with E-state index < -0.39 is 0 Å². The Balaban J connectivity index is 0.00000364. The fourth-order valence-electron chi connectivity index (χ4n) is 2.19. The largest absolute Gasteiger partial charge is 0.507 e. The molecule has 0 unspecified atom stereocenters. The molecule has 2 aromatic rings. The van der Waals surface area contributed by atoms with Crippen LogP contribution in [-0.4, -0.2) is 41.6 Å². The number of carbonyl (C=O) groups is 1. The minimum absolute atomic E-state index is 0. The molecular weight excluding hydrogens is 477 g/mol. The number of benzene rings is 1. The van der Waals surface area contributed by atoms with Crippen LogP contribution in [0, 0.1) is 0 Å². The lowest BCUT2D eigenvalue weighted by Crippen LogP contribution is -2.41. The third kappa shape index (κ3) is 7.71. The van der Waals surface area contributed by atoms with Crippen molar-refractivity contribution in [2.45, 2.75) is 26.8 Å². The molecule has 1 heterocycles. The van der Waals surface area contributed by atoms with Gasteiger partial charge in [0, 0.05) is 30.7 Å². The van der Waals surface area contributed by atoms with Gasteiger partial charge < -0.3 is 21.1 Å². The molecule has 27 heavy (non-hydrogen) atoms. The Kier molecular flexibility index (Phi) is 10.7. The zero-order chi connectivity index (χ0) is 18.8. The monoisotopic (exact) mass is 503 g/mol. The van der Waals surface area contributed by atoms with E-state index in [9.17, 15) is 9.90 Å². The highest BCUT2D eigenvalue weighted by Gasteiger charge is 2.09. The van der Waals surface area contributed by atoms with Crippen molar-refractivity contribution in [3.63, 3.8) is 0 Å². The topological polar surface area (TPSA) is 98.6 Å². The van der Waals surface area contributed by atoms with Gasteiger partial charge in [0.05, 0.1) is 12.1 Å². The van der Waals surface area contributed by atoms with E-state index in [1.807, 2.05) is 13.1 Å². The number of aromatic hydroxyl groups is 1. The van der Waals surface area contributed by atoms with Crippen LogP contribution in [0.5, 0.6) is 5.75 Å². The Morgan fingerprint density at radius 1 is 1.19 bits per heavy atom. The van der Waals surface area contributed by atoms with Crippen molar-refractivity contribution in [3.05, 3.63) is 45.9 Å². The maximum Gasteiger partial charge on any atom is 0.255 e. The first-order valence-electron chi connectivity index (χ1n) is 8.66. The molecule has 0 aliphatic carbocycles. The zero-order valence-corrected chi connectivity index (χ0v) is 18.6. The molecule has 0 atom stereocenters. The number of nitrogens with zero attached hydrogens (tertiary/aromatic N) is 2. The third-order valence-electron chi connectivity index (χ3n) is 3.52. The number of carbonyl (C=O) groups excluding carboxylic acids is 1. The number of phenols is 1. The highest BCUT2D eigenvalue weighted by molar-refractivity contribution is 14.0. The highest BCUT2D eigenvalue weighted by atomic mass is 127. The summed E-state index contributed by atoms with van der Waals surface area (Å²) < 4.78 is 0. The molecule has 0 fully saturated rings. The number of nitrogens with one attached hydrogen (secondary N) is 3. The summed E-state index contributed by atoms with van der Waals surface area (Å²) in [6.45, 7) is 6.29. The van der Waals surface area contributed by atoms with Crippen molar-refractivity contribution in [1.82, 2.24) is 20.9 Å². The molecule has 0 saturated carbocycles. The fraction of sp³-hybridized carbons (Fsp3) is 0.389. The number of aryl methyl sites for hydroxylation is 1. The van der Waals surface area contributed by atoms with Gasteiger partial charge in [-0.15, -0.1) is 35.3 Å². The molecule has 1 amide bonds. The minimum atomic E-state index is -0.304. The van der Waals surface area contributed by atoms with Gasteiger partial charge in [0.15, 0.2) is 5.96 Å². The van der Waals surface area contributed by atoms with Gasteiger partial charge in [-0.2, -0.15) is 0 Å². The molecule has 0 aliphatic heterocycles. The van der Waals surface area contributed by atoms with Crippen LogP contribution in [0.2, 0.25) is 0 Å². The van der Waals surface area contributed by atoms with E-state index in [2.05, 4.69) is 32.9 Å². The average molecular weight is 503 g/mol. The summed E-state index contributed by atoms with van der Waals surface area (Å²) in [5.74, 6) is 0.349. The molecule has 0 saturated heterocycles. The summed E-state index contributed by atoms with van der Waals surface area (Å²) in [6.07, 6.45) is 2.88. The molecule has 9 heteroatoms. The Labute approximate surface area is 180 Å². The molecule has 0 spiro atoms. The summed E-state index contributed by atoms with van der Waals surface area (Å²) in [4.78, 5) is 22.1. The summed E-state index contributed by atoms with van der Waals surface area (Å²) in [6, 6.07) is 6.47. The maximum atomic E-state index is 12.0. The quantitative estimate of drug-likeness (QED) is 0.192. The first kappa shape index (κ1) is 23.2. The van der Waals surface area contributed by atoms with Crippen LogP contribution in [0.25, 0.3) is 0 Å². The van der Waals surface area contributed by atoms with Crippen LogP contribution in [0.15, 0.2) is 35.5 Å². The number of hydrogen-bond donors (Lipinski definition) is 4. The number of hydrogen-bond acceptors (Lipinski definition) is 5. The van der Waals surface area contributed by atoms with Gasteiger partial charge in [-0.1, -0.05) is 19.1 Å². The smallest absolute Gasteiger partial charge is 0.255 e. The van der Waals surface area contributed by atoms with Crippen LogP contribution < -0.4 is 16.0 Å². The van der Waals surface area contributed by atoms with Crippen molar-refractivity contribution in [3.8, 4) is 5.75 Å². The maximum absolute atomic E-state index is 12.0. The van der Waals surface area contributed by atoms with Gasteiger partial charge in [0.1, 0.15) is 10.8 Å². The summed E-state index contributed by atoms with van der Waals surface area (Å²) in [7, 11) is 0. The molecule has 0 bridgehead atoms.